The van der Waals surface area contributed by atoms with Gasteiger partial charge in [0.25, 0.3) is 0 Å². The van der Waals surface area contributed by atoms with Gasteiger partial charge in [-0.3, -0.25) is 4.79 Å². The molecule has 1 saturated heterocycles. The van der Waals surface area contributed by atoms with Crippen LogP contribution in [0.3, 0.4) is 0 Å². The average Bonchev–Trinajstić information content (AvgIpc) is 2.90. The molecular formula is C15H20FNO2. The largest absolute Gasteiger partial charge is 0.376 e. The van der Waals surface area contributed by atoms with E-state index in [-0.39, 0.29) is 23.9 Å². The highest BCUT2D eigenvalue weighted by Gasteiger charge is 2.23. The van der Waals surface area contributed by atoms with Crippen molar-refractivity contribution in [3.63, 3.8) is 0 Å². The Morgan fingerprint density at radius 1 is 1.58 bits per heavy atom. The molecule has 0 spiro atoms. The number of nitrogens with one attached hydrogen (secondary N) is 1. The smallest absolute Gasteiger partial charge is 0.220 e. The molecule has 3 nitrogen and oxygen atoms in total. The molecule has 0 unspecified atom stereocenters. The van der Waals surface area contributed by atoms with Crippen LogP contribution in [0.1, 0.15) is 31.7 Å². The van der Waals surface area contributed by atoms with E-state index in [0.29, 0.717) is 12.8 Å². The summed E-state index contributed by atoms with van der Waals surface area (Å²) >= 11 is 0. The van der Waals surface area contributed by atoms with Crippen molar-refractivity contribution >= 4 is 5.91 Å². The summed E-state index contributed by atoms with van der Waals surface area (Å²) in [6.07, 6.45) is 3.14. The van der Waals surface area contributed by atoms with E-state index in [0.717, 1.165) is 25.0 Å². The van der Waals surface area contributed by atoms with Gasteiger partial charge in [0.2, 0.25) is 5.91 Å². The highest BCUT2D eigenvalue weighted by molar-refractivity contribution is 5.76. The van der Waals surface area contributed by atoms with Gasteiger partial charge in [0.05, 0.1) is 12.1 Å². The zero-order valence-corrected chi connectivity index (χ0v) is 11.2. The van der Waals surface area contributed by atoms with Crippen LogP contribution in [0.2, 0.25) is 0 Å². The number of halogens is 1. The monoisotopic (exact) mass is 265 g/mol. The highest BCUT2D eigenvalue weighted by atomic mass is 19.1. The van der Waals surface area contributed by atoms with E-state index < -0.39 is 0 Å². The first-order valence-corrected chi connectivity index (χ1v) is 6.80. The van der Waals surface area contributed by atoms with Crippen LogP contribution in [0.5, 0.6) is 0 Å². The molecular weight excluding hydrogens is 245 g/mol. The van der Waals surface area contributed by atoms with Crippen LogP contribution in [0.25, 0.3) is 0 Å². The molecule has 1 aliphatic heterocycles. The molecule has 1 fully saturated rings. The molecule has 1 amide bonds. The summed E-state index contributed by atoms with van der Waals surface area (Å²) in [7, 11) is 0. The van der Waals surface area contributed by atoms with Gasteiger partial charge in [0.1, 0.15) is 5.82 Å². The van der Waals surface area contributed by atoms with Gasteiger partial charge in [-0.15, -0.1) is 0 Å². The molecule has 1 aromatic carbocycles. The van der Waals surface area contributed by atoms with Gasteiger partial charge in [-0.05, 0) is 43.9 Å². The molecule has 1 aliphatic rings. The number of carbonyl (C=O) groups excluding carboxylic acids is 1. The number of amides is 1. The predicted molar refractivity (Wildman–Crippen MR) is 71.3 cm³/mol. The number of aryl methyl sites for hydroxylation is 1. The third-order valence-electron chi connectivity index (χ3n) is 3.44. The standard InChI is InChI=1S/C15H20FNO2/c1-11(14-6-3-9-19-14)17-15(18)8-7-12-4-2-5-13(16)10-12/h2,4-5,10-11,14H,3,6-9H2,1H3,(H,17,18)/t11-,14-/m1/s1. The summed E-state index contributed by atoms with van der Waals surface area (Å²) in [6, 6.07) is 6.42. The molecule has 2 rings (SSSR count). The number of carbonyl (C=O) groups is 1. The fourth-order valence-electron chi connectivity index (χ4n) is 2.37. The minimum absolute atomic E-state index is 0.00717. The summed E-state index contributed by atoms with van der Waals surface area (Å²) in [6.45, 7) is 2.75. The minimum Gasteiger partial charge on any atom is -0.376 e. The molecule has 0 saturated carbocycles. The van der Waals surface area contributed by atoms with Crippen molar-refractivity contribution < 1.29 is 13.9 Å². The van der Waals surface area contributed by atoms with Crippen molar-refractivity contribution in [2.75, 3.05) is 6.61 Å². The van der Waals surface area contributed by atoms with Gasteiger partial charge < -0.3 is 10.1 Å². The minimum atomic E-state index is -0.259. The van der Waals surface area contributed by atoms with E-state index in [1.807, 2.05) is 13.0 Å². The first-order valence-electron chi connectivity index (χ1n) is 6.80. The van der Waals surface area contributed by atoms with Crippen LogP contribution in [0.15, 0.2) is 24.3 Å². The maximum atomic E-state index is 13.0. The van der Waals surface area contributed by atoms with Crippen molar-refractivity contribution in [1.82, 2.24) is 5.32 Å². The fourth-order valence-corrected chi connectivity index (χ4v) is 2.37. The second-order valence-electron chi connectivity index (χ2n) is 5.04. The molecule has 0 bridgehead atoms. The molecule has 4 heteroatoms. The second kappa shape index (κ2) is 6.66. The Labute approximate surface area is 113 Å². The first kappa shape index (κ1) is 14.0. The maximum absolute atomic E-state index is 13.0. The number of benzene rings is 1. The number of hydrogen-bond acceptors (Lipinski definition) is 2. The van der Waals surface area contributed by atoms with Gasteiger partial charge in [-0.1, -0.05) is 12.1 Å². The zero-order valence-electron chi connectivity index (χ0n) is 11.2. The zero-order chi connectivity index (χ0) is 13.7. The van der Waals surface area contributed by atoms with Crippen molar-refractivity contribution in [2.45, 2.75) is 44.8 Å². The summed E-state index contributed by atoms with van der Waals surface area (Å²) in [5.74, 6) is -0.266. The lowest BCUT2D eigenvalue weighted by molar-refractivity contribution is -0.122. The third-order valence-corrected chi connectivity index (χ3v) is 3.44. The molecule has 0 aliphatic carbocycles. The van der Waals surface area contributed by atoms with Gasteiger partial charge in [-0.2, -0.15) is 0 Å². The Hall–Kier alpha value is -1.42. The number of rotatable bonds is 5. The molecule has 0 radical (unpaired) electrons. The van der Waals surface area contributed by atoms with E-state index in [1.54, 1.807) is 6.07 Å². The average molecular weight is 265 g/mol. The summed E-state index contributed by atoms with van der Waals surface area (Å²) in [5, 5.41) is 2.95. The maximum Gasteiger partial charge on any atom is 0.220 e. The Balaban J connectivity index is 1.75. The summed E-state index contributed by atoms with van der Waals surface area (Å²) < 4.78 is 18.5. The molecule has 1 N–H and O–H groups in total. The van der Waals surface area contributed by atoms with Crippen LogP contribution in [-0.4, -0.2) is 24.7 Å². The predicted octanol–water partition coefficient (Wildman–Crippen LogP) is 2.44. The van der Waals surface area contributed by atoms with Gasteiger partial charge in [0, 0.05) is 13.0 Å². The Morgan fingerprint density at radius 2 is 2.42 bits per heavy atom. The van der Waals surface area contributed by atoms with E-state index >= 15 is 0 Å². The van der Waals surface area contributed by atoms with E-state index in [9.17, 15) is 9.18 Å². The van der Waals surface area contributed by atoms with Crippen molar-refractivity contribution in [2.24, 2.45) is 0 Å². The lowest BCUT2D eigenvalue weighted by Gasteiger charge is -2.19. The quantitative estimate of drug-likeness (QED) is 0.888. The van der Waals surface area contributed by atoms with Gasteiger partial charge >= 0.3 is 0 Å². The molecule has 2 atom stereocenters. The molecule has 19 heavy (non-hydrogen) atoms. The van der Waals surface area contributed by atoms with E-state index in [4.69, 9.17) is 4.74 Å². The molecule has 0 aromatic heterocycles. The van der Waals surface area contributed by atoms with Crippen molar-refractivity contribution in [3.05, 3.63) is 35.6 Å². The molecule has 1 aromatic rings. The van der Waals surface area contributed by atoms with Crippen LogP contribution in [0.4, 0.5) is 4.39 Å². The number of ether oxygens (including phenoxy) is 1. The fraction of sp³-hybridized carbons (Fsp3) is 0.533. The number of hydrogen-bond donors (Lipinski definition) is 1. The highest BCUT2D eigenvalue weighted by Crippen LogP contribution is 2.15. The second-order valence-corrected chi connectivity index (χ2v) is 5.04. The van der Waals surface area contributed by atoms with Gasteiger partial charge in [-0.25, -0.2) is 4.39 Å². The van der Waals surface area contributed by atoms with Gasteiger partial charge in [0.15, 0.2) is 0 Å². The van der Waals surface area contributed by atoms with Crippen LogP contribution in [-0.2, 0) is 16.0 Å². The molecule has 1 heterocycles. The normalized spacial score (nSPS) is 20.2. The SMILES string of the molecule is C[C@@H](NC(=O)CCc1cccc(F)c1)[C@H]1CCCO1. The Bertz CT molecular complexity index is 430. The van der Waals surface area contributed by atoms with Crippen LogP contribution in [0, 0.1) is 5.82 Å². The molecule has 104 valence electrons. The first-order chi connectivity index (χ1) is 9.15. The lowest BCUT2D eigenvalue weighted by Crippen LogP contribution is -2.40. The lowest BCUT2D eigenvalue weighted by atomic mass is 10.1. The topological polar surface area (TPSA) is 38.3 Å². The Morgan fingerprint density at radius 3 is 3.11 bits per heavy atom. The van der Waals surface area contributed by atoms with Crippen LogP contribution < -0.4 is 5.32 Å². The van der Waals surface area contributed by atoms with E-state index in [2.05, 4.69) is 5.32 Å². The third kappa shape index (κ3) is 4.31. The summed E-state index contributed by atoms with van der Waals surface area (Å²) in [5.41, 5.74) is 0.847. The van der Waals surface area contributed by atoms with E-state index in [1.165, 1.54) is 12.1 Å². The van der Waals surface area contributed by atoms with Crippen molar-refractivity contribution in [3.8, 4) is 0 Å². The van der Waals surface area contributed by atoms with Crippen LogP contribution >= 0.6 is 0 Å². The Kier molecular flexibility index (Phi) is 4.91. The van der Waals surface area contributed by atoms with Crippen molar-refractivity contribution in [1.29, 1.82) is 0 Å². The summed E-state index contributed by atoms with van der Waals surface area (Å²) in [4.78, 5) is 11.8.